The molecule has 0 unspecified atom stereocenters. The fourth-order valence-corrected chi connectivity index (χ4v) is 6.71. The van der Waals surface area contributed by atoms with E-state index in [4.69, 9.17) is 5.26 Å². The van der Waals surface area contributed by atoms with Crippen LogP contribution in [0.4, 0.5) is 8.78 Å². The number of benzene rings is 1. The van der Waals surface area contributed by atoms with Gasteiger partial charge in [0.15, 0.2) is 0 Å². The molecule has 3 aliphatic carbocycles. The first kappa shape index (κ1) is 22.7. The van der Waals surface area contributed by atoms with Gasteiger partial charge in [-0.05, 0) is 92.5 Å². The molecule has 0 aliphatic heterocycles. The number of nitrogens with zero attached hydrogens (tertiary/aromatic N) is 1. The minimum atomic E-state index is -0.705. The van der Waals surface area contributed by atoms with E-state index in [1.165, 1.54) is 82.8 Å². The average molecular weight is 442 g/mol. The topological polar surface area (TPSA) is 23.8 Å². The van der Waals surface area contributed by atoms with Gasteiger partial charge in [-0.25, -0.2) is 8.78 Å². The molecule has 0 amide bonds. The smallest absolute Gasteiger partial charge is 0.142 e. The number of hydrogen-bond donors (Lipinski definition) is 0. The molecule has 166 valence electrons. The summed E-state index contributed by atoms with van der Waals surface area (Å²) in [7, 11) is 0. The molecule has 0 saturated heterocycles. The zero-order chi connectivity index (χ0) is 21.6. The SMILES string of the molecule is N#CSc1c(F)cc(C#CC2CCC(C3CCC(CC4CCCC4)CC3)CC2)cc1F. The van der Waals surface area contributed by atoms with E-state index >= 15 is 0 Å². The molecular weight excluding hydrogens is 408 g/mol. The lowest BCUT2D eigenvalue weighted by Crippen LogP contribution is -2.26. The summed E-state index contributed by atoms with van der Waals surface area (Å²) in [5.74, 6) is 8.92. The molecule has 1 aromatic carbocycles. The molecule has 0 radical (unpaired) electrons. The van der Waals surface area contributed by atoms with E-state index < -0.39 is 11.6 Å². The summed E-state index contributed by atoms with van der Waals surface area (Å²) in [5, 5.41) is 10.4. The molecule has 0 N–H and O–H groups in total. The number of rotatable bonds is 4. The molecular formula is C27H33F2NS. The van der Waals surface area contributed by atoms with Crippen molar-refractivity contribution in [3.05, 3.63) is 29.3 Å². The molecule has 31 heavy (non-hydrogen) atoms. The van der Waals surface area contributed by atoms with Crippen LogP contribution in [0.1, 0.15) is 89.0 Å². The van der Waals surface area contributed by atoms with Crippen molar-refractivity contribution in [2.45, 2.75) is 88.4 Å². The first-order valence-corrected chi connectivity index (χ1v) is 13.0. The van der Waals surface area contributed by atoms with Gasteiger partial charge >= 0.3 is 0 Å². The van der Waals surface area contributed by atoms with Crippen molar-refractivity contribution < 1.29 is 8.78 Å². The normalized spacial score (nSPS) is 29.2. The average Bonchev–Trinajstić information content (AvgIpc) is 3.29. The van der Waals surface area contributed by atoms with Gasteiger partial charge in [-0.3, -0.25) is 0 Å². The maximum absolute atomic E-state index is 14.0. The molecule has 4 rings (SSSR count). The van der Waals surface area contributed by atoms with Gasteiger partial charge in [0.25, 0.3) is 0 Å². The molecule has 1 nitrogen and oxygen atoms in total. The number of nitriles is 1. The van der Waals surface area contributed by atoms with Gasteiger partial charge in [-0.1, -0.05) is 50.4 Å². The van der Waals surface area contributed by atoms with Crippen molar-refractivity contribution in [1.29, 1.82) is 5.26 Å². The minimum Gasteiger partial charge on any atom is -0.206 e. The quantitative estimate of drug-likeness (QED) is 0.268. The van der Waals surface area contributed by atoms with Crippen LogP contribution in [-0.2, 0) is 0 Å². The van der Waals surface area contributed by atoms with E-state index in [0.29, 0.717) is 23.2 Å². The van der Waals surface area contributed by atoms with Crippen LogP contribution >= 0.6 is 11.8 Å². The highest BCUT2D eigenvalue weighted by Gasteiger charge is 2.31. The summed E-state index contributed by atoms with van der Waals surface area (Å²) in [6.45, 7) is 0. The van der Waals surface area contributed by atoms with Crippen LogP contribution in [-0.4, -0.2) is 0 Å². The van der Waals surface area contributed by atoms with E-state index in [2.05, 4.69) is 11.8 Å². The van der Waals surface area contributed by atoms with E-state index in [0.717, 1.165) is 36.5 Å². The predicted molar refractivity (Wildman–Crippen MR) is 122 cm³/mol. The molecule has 0 aromatic heterocycles. The maximum Gasteiger partial charge on any atom is 0.142 e. The van der Waals surface area contributed by atoms with E-state index in [9.17, 15) is 8.78 Å². The first-order valence-electron chi connectivity index (χ1n) is 12.2. The Bertz CT molecular complexity index is 819. The van der Waals surface area contributed by atoms with E-state index in [1.807, 2.05) is 0 Å². The van der Waals surface area contributed by atoms with Crippen LogP contribution in [0, 0.1) is 63.7 Å². The molecule has 3 aliphatic rings. The monoisotopic (exact) mass is 441 g/mol. The highest BCUT2D eigenvalue weighted by atomic mass is 32.2. The van der Waals surface area contributed by atoms with Crippen molar-refractivity contribution in [1.82, 2.24) is 0 Å². The summed E-state index contributed by atoms with van der Waals surface area (Å²) in [4.78, 5) is -0.244. The van der Waals surface area contributed by atoms with Crippen molar-refractivity contribution >= 4 is 11.8 Å². The lowest BCUT2D eigenvalue weighted by molar-refractivity contribution is 0.147. The zero-order valence-corrected chi connectivity index (χ0v) is 19.2. The molecule has 0 bridgehead atoms. The fourth-order valence-electron chi connectivity index (χ4n) is 6.31. The summed E-state index contributed by atoms with van der Waals surface area (Å²) in [5.41, 5.74) is 0.361. The highest BCUT2D eigenvalue weighted by molar-refractivity contribution is 8.03. The largest absolute Gasteiger partial charge is 0.206 e. The zero-order valence-electron chi connectivity index (χ0n) is 18.3. The van der Waals surface area contributed by atoms with Crippen LogP contribution in [0.5, 0.6) is 0 Å². The van der Waals surface area contributed by atoms with Crippen molar-refractivity contribution in [3.8, 4) is 17.2 Å². The number of thioether (sulfide) groups is 1. The Labute approximate surface area is 190 Å². The summed E-state index contributed by atoms with van der Waals surface area (Å²) < 4.78 is 28.0. The van der Waals surface area contributed by atoms with Gasteiger partial charge in [0, 0.05) is 11.5 Å². The molecule has 0 spiro atoms. The van der Waals surface area contributed by atoms with Crippen molar-refractivity contribution in [2.75, 3.05) is 0 Å². The van der Waals surface area contributed by atoms with E-state index in [-0.39, 0.29) is 4.90 Å². The van der Waals surface area contributed by atoms with Gasteiger partial charge < -0.3 is 0 Å². The van der Waals surface area contributed by atoms with Crippen LogP contribution in [0.15, 0.2) is 17.0 Å². The molecule has 3 fully saturated rings. The van der Waals surface area contributed by atoms with Crippen LogP contribution in [0.25, 0.3) is 0 Å². The third-order valence-electron chi connectivity index (χ3n) is 8.04. The van der Waals surface area contributed by atoms with Crippen molar-refractivity contribution in [3.63, 3.8) is 0 Å². The van der Waals surface area contributed by atoms with Crippen LogP contribution in [0.2, 0.25) is 0 Å². The van der Waals surface area contributed by atoms with Gasteiger partial charge in [0.2, 0.25) is 0 Å². The van der Waals surface area contributed by atoms with E-state index in [1.54, 1.807) is 5.40 Å². The Morgan fingerprint density at radius 3 is 1.94 bits per heavy atom. The fraction of sp³-hybridized carbons (Fsp3) is 0.667. The minimum absolute atomic E-state index is 0.244. The molecule has 0 heterocycles. The van der Waals surface area contributed by atoms with Crippen LogP contribution in [0.3, 0.4) is 0 Å². The Morgan fingerprint density at radius 2 is 1.35 bits per heavy atom. The Kier molecular flexibility index (Phi) is 7.95. The Hall–Kier alpha value is -1.52. The maximum atomic E-state index is 14.0. The van der Waals surface area contributed by atoms with Gasteiger partial charge in [0.05, 0.1) is 4.90 Å². The number of thiocyanates is 1. The molecule has 3 saturated carbocycles. The second-order valence-electron chi connectivity index (χ2n) is 10.0. The predicted octanol–water partition coefficient (Wildman–Crippen LogP) is 8.08. The first-order chi connectivity index (χ1) is 15.1. The second kappa shape index (κ2) is 10.9. The number of hydrogen-bond acceptors (Lipinski definition) is 2. The summed E-state index contributed by atoms with van der Waals surface area (Å²) >= 11 is 0.512. The standard InChI is InChI=1S/C27H33F2NS/c28-25-16-22(17-26(29)27(25)31-18-30)6-5-19-7-11-23(12-8-19)24-13-9-21(10-14-24)15-20-3-1-2-4-20/h16-17,19-21,23-24H,1-4,7-15H2. The Balaban J connectivity index is 1.23. The molecule has 4 heteroatoms. The lowest BCUT2D eigenvalue weighted by Gasteiger charge is -2.37. The third-order valence-corrected chi connectivity index (χ3v) is 8.72. The second-order valence-corrected chi connectivity index (χ2v) is 10.8. The van der Waals surface area contributed by atoms with Gasteiger partial charge in [-0.15, -0.1) is 0 Å². The molecule has 0 atom stereocenters. The molecule has 1 aromatic rings. The Morgan fingerprint density at radius 1 is 0.806 bits per heavy atom. The summed E-state index contributed by atoms with van der Waals surface area (Å²) in [6.07, 6.45) is 17.8. The number of halogens is 2. The van der Waals surface area contributed by atoms with Crippen LogP contribution < -0.4 is 0 Å². The lowest BCUT2D eigenvalue weighted by atomic mass is 9.68. The van der Waals surface area contributed by atoms with Crippen molar-refractivity contribution in [2.24, 2.45) is 29.6 Å². The third kappa shape index (κ3) is 6.04. The van der Waals surface area contributed by atoms with Gasteiger partial charge in [0.1, 0.15) is 17.0 Å². The highest BCUT2D eigenvalue weighted by Crippen LogP contribution is 2.43. The van der Waals surface area contributed by atoms with Gasteiger partial charge in [-0.2, -0.15) is 5.26 Å². The summed E-state index contributed by atoms with van der Waals surface area (Å²) in [6, 6.07) is 2.48.